The van der Waals surface area contributed by atoms with Gasteiger partial charge in [0.25, 0.3) is 0 Å². The van der Waals surface area contributed by atoms with Gasteiger partial charge >= 0.3 is 0 Å². The molecule has 0 amide bonds. The van der Waals surface area contributed by atoms with Crippen molar-refractivity contribution in [3.63, 3.8) is 0 Å². The molecule has 2 nitrogen and oxygen atoms in total. The minimum atomic E-state index is 0.347. The first-order valence-corrected chi connectivity index (χ1v) is 7.99. The maximum absolute atomic E-state index is 4.76. The van der Waals surface area contributed by atoms with E-state index in [1.165, 1.54) is 29.0 Å². The molecule has 3 heteroatoms. The lowest BCUT2D eigenvalue weighted by atomic mass is 9.87. The number of nitrogens with one attached hydrogen (secondary N) is 1. The fraction of sp³-hybridized carbons (Fsp3) is 0.562. The predicted octanol–water partition coefficient (Wildman–Crippen LogP) is 4.53. The number of fused-ring (bicyclic) bond motifs is 1. The van der Waals surface area contributed by atoms with Gasteiger partial charge in [-0.2, -0.15) is 0 Å². The summed E-state index contributed by atoms with van der Waals surface area (Å²) in [5.41, 5.74) is 1.55. The predicted molar refractivity (Wildman–Crippen MR) is 82.6 cm³/mol. The van der Waals surface area contributed by atoms with E-state index < -0.39 is 0 Å². The second-order valence-electron chi connectivity index (χ2n) is 6.34. The van der Waals surface area contributed by atoms with Gasteiger partial charge in [-0.15, -0.1) is 11.3 Å². The van der Waals surface area contributed by atoms with Crippen molar-refractivity contribution >= 4 is 21.6 Å². The average Bonchev–Trinajstić information content (AvgIpc) is 2.93. The first-order valence-electron chi connectivity index (χ1n) is 7.18. The Morgan fingerprint density at radius 3 is 2.84 bits per heavy atom. The van der Waals surface area contributed by atoms with Crippen molar-refractivity contribution in [2.24, 2.45) is 5.41 Å². The van der Waals surface area contributed by atoms with E-state index in [-0.39, 0.29) is 0 Å². The molecule has 2 unspecified atom stereocenters. The standard InChI is InChI=1S/C16H22N2S/c1-11(17-14-9-6-10-16(14,2)3)15-18-12-7-4-5-8-13(12)19-15/h4-5,7-8,11,14,17H,6,9-10H2,1-3H3. The van der Waals surface area contributed by atoms with Crippen molar-refractivity contribution < 1.29 is 0 Å². The van der Waals surface area contributed by atoms with E-state index in [9.17, 15) is 0 Å². The third-order valence-corrected chi connectivity index (χ3v) is 5.61. The number of nitrogens with zero attached hydrogens (tertiary/aromatic N) is 1. The summed E-state index contributed by atoms with van der Waals surface area (Å²) in [6.07, 6.45) is 3.97. The molecule has 2 atom stereocenters. The SMILES string of the molecule is CC(NC1CCCC1(C)C)c1nc2ccccc2s1. The van der Waals surface area contributed by atoms with Crippen LogP contribution in [0.3, 0.4) is 0 Å². The highest BCUT2D eigenvalue weighted by Gasteiger charge is 2.35. The summed E-state index contributed by atoms with van der Waals surface area (Å²) in [6.45, 7) is 7.00. The van der Waals surface area contributed by atoms with Crippen LogP contribution in [-0.2, 0) is 0 Å². The number of thiazole rings is 1. The molecule has 0 bridgehead atoms. The smallest absolute Gasteiger partial charge is 0.111 e. The number of benzene rings is 1. The molecule has 1 aliphatic carbocycles. The molecule has 3 rings (SSSR count). The summed E-state index contributed by atoms with van der Waals surface area (Å²) in [5, 5.41) is 5.01. The van der Waals surface area contributed by atoms with Crippen LogP contribution < -0.4 is 5.32 Å². The van der Waals surface area contributed by atoms with Crippen LogP contribution in [0.15, 0.2) is 24.3 Å². The highest BCUT2D eigenvalue weighted by molar-refractivity contribution is 7.18. The summed E-state index contributed by atoms with van der Waals surface area (Å²) in [4.78, 5) is 4.76. The molecular weight excluding hydrogens is 252 g/mol. The fourth-order valence-electron chi connectivity index (χ4n) is 3.08. The van der Waals surface area contributed by atoms with E-state index in [2.05, 4.69) is 50.4 Å². The van der Waals surface area contributed by atoms with E-state index in [1.54, 1.807) is 0 Å². The Morgan fingerprint density at radius 2 is 2.16 bits per heavy atom. The van der Waals surface area contributed by atoms with Gasteiger partial charge in [-0.05, 0) is 37.3 Å². The molecule has 0 saturated heterocycles. The van der Waals surface area contributed by atoms with Crippen LogP contribution in [0.4, 0.5) is 0 Å². The van der Waals surface area contributed by atoms with E-state index in [0.29, 0.717) is 17.5 Å². The lowest BCUT2D eigenvalue weighted by Crippen LogP contribution is -2.39. The Balaban J connectivity index is 1.78. The van der Waals surface area contributed by atoms with Crippen molar-refractivity contribution in [3.05, 3.63) is 29.3 Å². The summed E-state index contributed by atoms with van der Waals surface area (Å²) in [6, 6.07) is 9.37. The Bertz CT molecular complexity index is 540. The maximum Gasteiger partial charge on any atom is 0.111 e. The third kappa shape index (κ3) is 2.54. The van der Waals surface area contributed by atoms with Crippen molar-refractivity contribution in [2.45, 2.75) is 52.1 Å². The first kappa shape index (κ1) is 13.1. The molecule has 0 radical (unpaired) electrons. The van der Waals surface area contributed by atoms with Crippen LogP contribution >= 0.6 is 11.3 Å². The number of aromatic nitrogens is 1. The molecule has 1 heterocycles. The molecule has 0 aliphatic heterocycles. The molecule has 1 N–H and O–H groups in total. The molecule has 2 aromatic rings. The van der Waals surface area contributed by atoms with Crippen LogP contribution in [0.5, 0.6) is 0 Å². The average molecular weight is 274 g/mol. The Labute approximate surface area is 119 Å². The van der Waals surface area contributed by atoms with Gasteiger partial charge in [-0.3, -0.25) is 0 Å². The maximum atomic E-state index is 4.76. The summed E-state index contributed by atoms with van der Waals surface area (Å²) >= 11 is 1.82. The Kier molecular flexibility index (Phi) is 3.35. The van der Waals surface area contributed by atoms with Crippen LogP contribution in [0.25, 0.3) is 10.2 Å². The quantitative estimate of drug-likeness (QED) is 0.889. The second-order valence-corrected chi connectivity index (χ2v) is 7.40. The van der Waals surface area contributed by atoms with Gasteiger partial charge in [0.1, 0.15) is 5.01 Å². The van der Waals surface area contributed by atoms with Crippen LogP contribution in [0.1, 0.15) is 51.1 Å². The lowest BCUT2D eigenvalue weighted by molar-refractivity contribution is 0.266. The molecule has 1 aromatic carbocycles. The molecule has 1 saturated carbocycles. The van der Waals surface area contributed by atoms with E-state index >= 15 is 0 Å². The molecule has 1 aromatic heterocycles. The number of rotatable bonds is 3. The van der Waals surface area contributed by atoms with Gasteiger partial charge in [-0.25, -0.2) is 4.98 Å². The van der Waals surface area contributed by atoms with E-state index in [0.717, 1.165) is 5.52 Å². The zero-order valence-corrected chi connectivity index (χ0v) is 12.8. The van der Waals surface area contributed by atoms with Gasteiger partial charge in [-0.1, -0.05) is 32.4 Å². The van der Waals surface area contributed by atoms with E-state index in [1.807, 2.05) is 11.3 Å². The minimum absolute atomic E-state index is 0.347. The highest BCUT2D eigenvalue weighted by Crippen LogP contribution is 2.38. The monoisotopic (exact) mass is 274 g/mol. The summed E-state index contributed by atoms with van der Waals surface area (Å²) < 4.78 is 1.29. The summed E-state index contributed by atoms with van der Waals surface area (Å²) in [7, 11) is 0. The van der Waals surface area contributed by atoms with Crippen LogP contribution in [0.2, 0.25) is 0 Å². The second kappa shape index (κ2) is 4.88. The molecule has 102 valence electrons. The largest absolute Gasteiger partial charge is 0.305 e. The van der Waals surface area contributed by atoms with Crippen molar-refractivity contribution in [1.29, 1.82) is 0 Å². The molecule has 19 heavy (non-hydrogen) atoms. The number of para-hydroxylation sites is 1. The number of hydrogen-bond acceptors (Lipinski definition) is 3. The Hall–Kier alpha value is -0.930. The lowest BCUT2D eigenvalue weighted by Gasteiger charge is -2.30. The van der Waals surface area contributed by atoms with Crippen molar-refractivity contribution in [1.82, 2.24) is 10.3 Å². The summed E-state index contributed by atoms with van der Waals surface area (Å²) in [5.74, 6) is 0. The van der Waals surface area contributed by atoms with Gasteiger partial charge in [0.05, 0.1) is 16.3 Å². The van der Waals surface area contributed by atoms with Gasteiger partial charge < -0.3 is 5.32 Å². The highest BCUT2D eigenvalue weighted by atomic mass is 32.1. The molecular formula is C16H22N2S. The molecule has 1 aliphatic rings. The van der Waals surface area contributed by atoms with Gasteiger partial charge in [0, 0.05) is 6.04 Å². The van der Waals surface area contributed by atoms with Gasteiger partial charge in [0.2, 0.25) is 0 Å². The fourth-order valence-corrected chi connectivity index (χ4v) is 4.06. The van der Waals surface area contributed by atoms with Crippen molar-refractivity contribution in [3.8, 4) is 0 Å². The first-order chi connectivity index (χ1) is 9.06. The zero-order valence-electron chi connectivity index (χ0n) is 11.9. The molecule has 0 spiro atoms. The topological polar surface area (TPSA) is 24.9 Å². The molecule has 1 fully saturated rings. The van der Waals surface area contributed by atoms with Crippen molar-refractivity contribution in [2.75, 3.05) is 0 Å². The van der Waals surface area contributed by atoms with Crippen LogP contribution in [0, 0.1) is 5.41 Å². The number of hydrogen-bond donors (Lipinski definition) is 1. The third-order valence-electron chi connectivity index (χ3n) is 4.39. The Morgan fingerprint density at radius 1 is 1.37 bits per heavy atom. The zero-order chi connectivity index (χ0) is 13.5. The normalized spacial score (nSPS) is 23.8. The van der Waals surface area contributed by atoms with Crippen LogP contribution in [-0.4, -0.2) is 11.0 Å². The van der Waals surface area contributed by atoms with Gasteiger partial charge in [0.15, 0.2) is 0 Å². The minimum Gasteiger partial charge on any atom is -0.305 e. The van der Waals surface area contributed by atoms with E-state index in [4.69, 9.17) is 4.98 Å².